The number of rotatable bonds is 4. The predicted molar refractivity (Wildman–Crippen MR) is 68.7 cm³/mol. The summed E-state index contributed by atoms with van der Waals surface area (Å²) in [6.45, 7) is 0.562. The van der Waals surface area contributed by atoms with Gasteiger partial charge in [0.1, 0.15) is 12.6 Å². The molecule has 1 saturated heterocycles. The third-order valence-corrected chi connectivity index (χ3v) is 4.43. The van der Waals surface area contributed by atoms with Gasteiger partial charge in [0.15, 0.2) is 6.17 Å². The molecule has 108 valence electrons. The van der Waals surface area contributed by atoms with Crippen molar-refractivity contribution in [3.63, 3.8) is 0 Å². The van der Waals surface area contributed by atoms with Crippen molar-refractivity contribution in [2.45, 2.75) is 18.6 Å². The lowest BCUT2D eigenvalue weighted by Crippen LogP contribution is -3.11. The molecule has 0 saturated carbocycles. The molecule has 0 amide bonds. The zero-order valence-electron chi connectivity index (χ0n) is 11.0. The number of likely N-dealkylation sites (tertiary alicyclic amines) is 1. The largest absolute Gasteiger partial charge is 0.331 e. The van der Waals surface area contributed by atoms with Crippen molar-refractivity contribution < 1.29 is 17.7 Å². The van der Waals surface area contributed by atoms with E-state index >= 15 is 0 Å². The molecule has 1 unspecified atom stereocenters. The van der Waals surface area contributed by atoms with Crippen LogP contribution in [0.3, 0.4) is 0 Å². The van der Waals surface area contributed by atoms with Gasteiger partial charge in [0.05, 0.1) is 25.5 Å². The molecule has 3 atom stereocenters. The molecule has 0 aromatic carbocycles. The van der Waals surface area contributed by atoms with E-state index in [0.29, 0.717) is 18.7 Å². The number of halogens is 1. The van der Waals surface area contributed by atoms with Crippen LogP contribution in [0.2, 0.25) is 0 Å². The van der Waals surface area contributed by atoms with Crippen molar-refractivity contribution in [1.29, 1.82) is 0 Å². The molecule has 1 aliphatic heterocycles. The smallest absolute Gasteiger partial charge is 0.299 e. The average Bonchev–Trinajstić information content (AvgIpc) is 2.80. The molecule has 0 radical (unpaired) electrons. The van der Waals surface area contributed by atoms with Crippen LogP contribution in [0.1, 0.15) is 6.42 Å². The summed E-state index contributed by atoms with van der Waals surface area (Å²) in [7, 11) is -0.343. The molecule has 1 fully saturated rings. The van der Waals surface area contributed by atoms with E-state index in [4.69, 9.17) is 5.14 Å². The van der Waals surface area contributed by atoms with Crippen molar-refractivity contribution in [3.8, 4) is 0 Å². The Balaban J connectivity index is 2.21. The van der Waals surface area contributed by atoms with Crippen LogP contribution in [0.15, 0.2) is 12.4 Å². The molecule has 1 aliphatic rings. The second-order valence-corrected chi connectivity index (χ2v) is 6.50. The molecule has 0 bridgehead atoms. The molecule has 1 aromatic heterocycles. The number of hydrogen-bond donors (Lipinski definition) is 2. The Kier molecular flexibility index (Phi) is 3.79. The second-order valence-electron chi connectivity index (χ2n) is 5.03. The second kappa shape index (κ2) is 5.06. The minimum atomic E-state index is -3.89. The molecule has 9 heteroatoms. The molecule has 2 heterocycles. The quantitative estimate of drug-likeness (QED) is 0.677. The number of aryl methyl sites for hydroxylation is 1. The van der Waals surface area contributed by atoms with E-state index in [1.54, 1.807) is 13.2 Å². The summed E-state index contributed by atoms with van der Waals surface area (Å²) >= 11 is 0. The summed E-state index contributed by atoms with van der Waals surface area (Å²) < 4.78 is 39.3. The highest BCUT2D eigenvalue weighted by molar-refractivity contribution is 7.90. The molecule has 2 rings (SSSR count). The number of hydrogen-bond acceptors (Lipinski definition) is 3. The zero-order valence-corrected chi connectivity index (χ0v) is 11.8. The van der Waals surface area contributed by atoms with Crippen molar-refractivity contribution in [2.75, 3.05) is 24.4 Å². The van der Waals surface area contributed by atoms with Gasteiger partial charge in [-0.15, -0.1) is 0 Å². The van der Waals surface area contributed by atoms with Crippen LogP contribution in [0.4, 0.5) is 10.1 Å². The Morgan fingerprint density at radius 1 is 1.68 bits per heavy atom. The first-order valence-corrected chi connectivity index (χ1v) is 7.53. The lowest BCUT2D eigenvalue weighted by molar-refractivity contribution is -0.891. The van der Waals surface area contributed by atoms with Gasteiger partial charge in [-0.2, -0.15) is 13.5 Å². The Morgan fingerprint density at radius 3 is 2.79 bits per heavy atom. The van der Waals surface area contributed by atoms with Crippen molar-refractivity contribution in [2.24, 2.45) is 12.2 Å². The minimum Gasteiger partial charge on any atom is -0.331 e. The fourth-order valence-electron chi connectivity index (χ4n) is 2.43. The summed E-state index contributed by atoms with van der Waals surface area (Å²) in [5.41, 5.74) is 0.403. The zero-order chi connectivity index (χ0) is 14.2. The fraction of sp³-hybridized carbons (Fsp3) is 0.700. The molecule has 19 heavy (non-hydrogen) atoms. The van der Waals surface area contributed by atoms with Crippen LogP contribution < -0.4 is 14.3 Å². The Morgan fingerprint density at radius 2 is 2.37 bits per heavy atom. The molecule has 0 aliphatic carbocycles. The van der Waals surface area contributed by atoms with Gasteiger partial charge < -0.3 is 4.90 Å². The van der Waals surface area contributed by atoms with Crippen LogP contribution in [0, 0.1) is 0 Å². The Bertz CT molecular complexity index is 546. The van der Waals surface area contributed by atoms with Gasteiger partial charge in [0.2, 0.25) is 0 Å². The van der Waals surface area contributed by atoms with E-state index in [0.717, 1.165) is 9.21 Å². The maximum Gasteiger partial charge on any atom is 0.299 e. The molecular formula is C10H19FN5O2S+. The Hall–Kier alpha value is -1.19. The first kappa shape index (κ1) is 14.2. The van der Waals surface area contributed by atoms with Gasteiger partial charge in [-0.05, 0) is 0 Å². The van der Waals surface area contributed by atoms with Gasteiger partial charge >= 0.3 is 0 Å². The summed E-state index contributed by atoms with van der Waals surface area (Å²) in [6.07, 6.45) is 2.46. The molecular weight excluding hydrogens is 273 g/mol. The SMILES string of the molecule is Cn1cc(N(C[C@@H]2C[C@@H](F)C[NH+]2C)S(N)(=O)=O)cn1. The van der Waals surface area contributed by atoms with Crippen LogP contribution in [-0.4, -0.2) is 50.5 Å². The number of nitrogens with two attached hydrogens (primary N) is 1. The van der Waals surface area contributed by atoms with E-state index in [1.807, 2.05) is 7.05 Å². The molecule has 3 N–H and O–H groups in total. The number of alkyl halides is 1. The van der Waals surface area contributed by atoms with Gasteiger partial charge in [0, 0.05) is 19.7 Å². The van der Waals surface area contributed by atoms with Gasteiger partial charge in [-0.3, -0.25) is 4.68 Å². The molecule has 0 spiro atoms. The number of aromatic nitrogens is 2. The summed E-state index contributed by atoms with van der Waals surface area (Å²) in [6, 6.07) is -0.103. The number of nitrogens with zero attached hydrogens (tertiary/aromatic N) is 3. The number of likely N-dealkylation sites (N-methyl/N-ethyl adjacent to an activating group) is 1. The van der Waals surface area contributed by atoms with Crippen molar-refractivity contribution in [1.82, 2.24) is 9.78 Å². The topological polar surface area (TPSA) is 85.7 Å². The highest BCUT2D eigenvalue weighted by Gasteiger charge is 2.36. The number of quaternary nitrogens is 1. The number of anilines is 1. The van der Waals surface area contributed by atoms with Gasteiger partial charge in [-0.25, -0.2) is 13.8 Å². The first-order chi connectivity index (χ1) is 8.77. The van der Waals surface area contributed by atoms with E-state index in [-0.39, 0.29) is 12.6 Å². The van der Waals surface area contributed by atoms with Crippen LogP contribution in [0.25, 0.3) is 0 Å². The van der Waals surface area contributed by atoms with Gasteiger partial charge in [0.25, 0.3) is 10.2 Å². The molecule has 1 aromatic rings. The summed E-state index contributed by atoms with van der Waals surface area (Å²) in [5.74, 6) is 0. The highest BCUT2D eigenvalue weighted by Crippen LogP contribution is 2.17. The molecule has 7 nitrogen and oxygen atoms in total. The summed E-state index contributed by atoms with van der Waals surface area (Å²) in [4.78, 5) is 0.977. The lowest BCUT2D eigenvalue weighted by atomic mass is 10.2. The van der Waals surface area contributed by atoms with E-state index in [1.165, 1.54) is 10.9 Å². The summed E-state index contributed by atoms with van der Waals surface area (Å²) in [5, 5.41) is 9.17. The standard InChI is InChI=1S/C10H18FN5O2S/c1-14-5-8(11)3-9(14)7-16(19(12,17)18)10-4-13-15(2)6-10/h4,6,8-9H,3,5,7H2,1-2H3,(H2,12,17,18)/p+1/t8-,9+/m1/s1. The number of nitrogens with one attached hydrogen (secondary N) is 1. The van der Waals surface area contributed by atoms with Crippen molar-refractivity contribution in [3.05, 3.63) is 12.4 Å². The van der Waals surface area contributed by atoms with E-state index in [9.17, 15) is 12.8 Å². The van der Waals surface area contributed by atoms with Crippen LogP contribution in [0.5, 0.6) is 0 Å². The maximum absolute atomic E-state index is 13.3. The average molecular weight is 292 g/mol. The predicted octanol–water partition coefficient (Wildman–Crippen LogP) is -1.94. The lowest BCUT2D eigenvalue weighted by Gasteiger charge is -2.25. The minimum absolute atomic E-state index is 0.103. The van der Waals surface area contributed by atoms with Crippen LogP contribution in [-0.2, 0) is 17.3 Å². The third kappa shape index (κ3) is 3.23. The Labute approximate surface area is 112 Å². The van der Waals surface area contributed by atoms with Crippen molar-refractivity contribution >= 4 is 15.9 Å². The monoisotopic (exact) mass is 292 g/mol. The normalized spacial score (nSPS) is 27.7. The highest BCUT2D eigenvalue weighted by atomic mass is 32.2. The third-order valence-electron chi connectivity index (χ3n) is 3.45. The van der Waals surface area contributed by atoms with E-state index in [2.05, 4.69) is 5.10 Å². The maximum atomic E-state index is 13.3. The van der Waals surface area contributed by atoms with E-state index < -0.39 is 16.4 Å². The van der Waals surface area contributed by atoms with Gasteiger partial charge in [-0.1, -0.05) is 0 Å². The first-order valence-electron chi connectivity index (χ1n) is 6.03. The fourth-order valence-corrected chi connectivity index (χ4v) is 3.21. The van der Waals surface area contributed by atoms with Crippen LogP contribution >= 0.6 is 0 Å².